The number of anilines is 1. The van der Waals surface area contributed by atoms with Crippen molar-refractivity contribution in [3.63, 3.8) is 0 Å². The van der Waals surface area contributed by atoms with E-state index in [2.05, 4.69) is 5.32 Å². The standard InChI is InChI=1S/C20H19ClFN3O/c1-26-18-10-7-14(21)12-17(18)25-20-16(4-2-3-11-23-20)19(24-25)13-5-8-15(22)9-6-13/h5-10,12,23H,2-4,11H2,1H3. The second kappa shape index (κ2) is 7.00. The van der Waals surface area contributed by atoms with Crippen molar-refractivity contribution in [3.8, 4) is 22.7 Å². The zero-order chi connectivity index (χ0) is 18.1. The smallest absolute Gasteiger partial charge is 0.144 e. The Morgan fingerprint density at radius 3 is 2.73 bits per heavy atom. The molecule has 134 valence electrons. The monoisotopic (exact) mass is 371 g/mol. The minimum Gasteiger partial charge on any atom is -0.494 e. The molecule has 4 rings (SSSR count). The highest BCUT2D eigenvalue weighted by atomic mass is 35.5. The highest BCUT2D eigenvalue weighted by Gasteiger charge is 2.23. The number of rotatable bonds is 3. The van der Waals surface area contributed by atoms with Gasteiger partial charge in [-0.15, -0.1) is 0 Å². The van der Waals surface area contributed by atoms with Crippen LogP contribution in [-0.2, 0) is 6.42 Å². The van der Waals surface area contributed by atoms with Gasteiger partial charge in [-0.3, -0.25) is 0 Å². The average Bonchev–Trinajstić information content (AvgIpc) is 2.84. The lowest BCUT2D eigenvalue weighted by Crippen LogP contribution is -2.08. The van der Waals surface area contributed by atoms with Crippen LogP contribution in [0.2, 0.25) is 5.02 Å². The van der Waals surface area contributed by atoms with E-state index in [1.54, 1.807) is 25.3 Å². The van der Waals surface area contributed by atoms with Gasteiger partial charge in [-0.25, -0.2) is 9.07 Å². The zero-order valence-corrected chi connectivity index (χ0v) is 15.2. The summed E-state index contributed by atoms with van der Waals surface area (Å²) in [6.07, 6.45) is 3.08. The van der Waals surface area contributed by atoms with Gasteiger partial charge in [0.25, 0.3) is 0 Å². The first-order chi connectivity index (χ1) is 12.7. The van der Waals surface area contributed by atoms with E-state index in [-0.39, 0.29) is 5.82 Å². The maximum atomic E-state index is 13.4. The molecule has 1 aromatic heterocycles. The SMILES string of the molecule is COc1ccc(Cl)cc1-n1nc(-c2ccc(F)cc2)c2c1NCCCC2. The highest BCUT2D eigenvalue weighted by Crippen LogP contribution is 2.36. The van der Waals surface area contributed by atoms with E-state index in [4.69, 9.17) is 21.4 Å². The molecular weight excluding hydrogens is 353 g/mol. The molecule has 0 saturated heterocycles. The van der Waals surface area contributed by atoms with Crippen LogP contribution in [0.25, 0.3) is 16.9 Å². The Morgan fingerprint density at radius 2 is 1.96 bits per heavy atom. The number of hydrogen-bond donors (Lipinski definition) is 1. The van der Waals surface area contributed by atoms with Crippen molar-refractivity contribution in [2.75, 3.05) is 19.0 Å². The molecule has 0 amide bonds. The molecule has 4 nitrogen and oxygen atoms in total. The van der Waals surface area contributed by atoms with E-state index in [9.17, 15) is 4.39 Å². The Balaban J connectivity index is 1.93. The Bertz CT molecular complexity index is 937. The van der Waals surface area contributed by atoms with E-state index in [1.165, 1.54) is 12.1 Å². The number of ether oxygens (including phenoxy) is 1. The molecule has 0 spiro atoms. The molecule has 1 aliphatic rings. The second-order valence-electron chi connectivity index (χ2n) is 6.29. The summed E-state index contributed by atoms with van der Waals surface area (Å²) < 4.78 is 20.7. The average molecular weight is 372 g/mol. The molecule has 0 bridgehead atoms. The van der Waals surface area contributed by atoms with Crippen LogP contribution in [0.1, 0.15) is 18.4 Å². The van der Waals surface area contributed by atoms with Crippen LogP contribution in [0, 0.1) is 5.82 Å². The lowest BCUT2D eigenvalue weighted by Gasteiger charge is -2.13. The Morgan fingerprint density at radius 1 is 1.15 bits per heavy atom. The van der Waals surface area contributed by atoms with Crippen LogP contribution in [0.5, 0.6) is 5.75 Å². The van der Waals surface area contributed by atoms with E-state index in [1.807, 2.05) is 16.8 Å². The van der Waals surface area contributed by atoms with Crippen molar-refractivity contribution >= 4 is 17.4 Å². The summed E-state index contributed by atoms with van der Waals surface area (Å²) in [5, 5.41) is 8.95. The first kappa shape index (κ1) is 16.9. The van der Waals surface area contributed by atoms with E-state index >= 15 is 0 Å². The molecule has 0 saturated carbocycles. The summed E-state index contributed by atoms with van der Waals surface area (Å²) in [5.41, 5.74) is 3.66. The summed E-state index contributed by atoms with van der Waals surface area (Å²) in [6, 6.07) is 11.9. The number of nitrogens with zero attached hydrogens (tertiary/aromatic N) is 2. The lowest BCUT2D eigenvalue weighted by atomic mass is 10.0. The van der Waals surface area contributed by atoms with E-state index in [0.717, 1.165) is 54.1 Å². The minimum atomic E-state index is -0.256. The fourth-order valence-electron chi connectivity index (χ4n) is 3.34. The predicted octanol–water partition coefficient (Wildman–Crippen LogP) is 5.09. The summed E-state index contributed by atoms with van der Waals surface area (Å²) in [7, 11) is 1.63. The molecule has 0 radical (unpaired) electrons. The van der Waals surface area contributed by atoms with Gasteiger partial charge in [0, 0.05) is 22.7 Å². The van der Waals surface area contributed by atoms with Crippen LogP contribution in [-0.4, -0.2) is 23.4 Å². The maximum absolute atomic E-state index is 13.4. The molecule has 1 N–H and O–H groups in total. The topological polar surface area (TPSA) is 39.1 Å². The lowest BCUT2D eigenvalue weighted by molar-refractivity contribution is 0.412. The molecule has 2 heterocycles. The highest BCUT2D eigenvalue weighted by molar-refractivity contribution is 6.30. The Kier molecular flexibility index (Phi) is 4.55. The number of methoxy groups -OCH3 is 1. The zero-order valence-electron chi connectivity index (χ0n) is 14.4. The molecule has 0 atom stereocenters. The molecule has 6 heteroatoms. The van der Waals surface area contributed by atoms with Crippen LogP contribution < -0.4 is 10.1 Å². The number of fused-ring (bicyclic) bond motifs is 1. The summed E-state index contributed by atoms with van der Waals surface area (Å²) in [5.74, 6) is 1.38. The summed E-state index contributed by atoms with van der Waals surface area (Å²) in [4.78, 5) is 0. The number of halogens is 2. The first-order valence-electron chi connectivity index (χ1n) is 8.63. The van der Waals surface area contributed by atoms with Gasteiger partial charge < -0.3 is 10.1 Å². The van der Waals surface area contributed by atoms with Gasteiger partial charge in [-0.05, 0) is 61.7 Å². The Labute approximate surface area is 156 Å². The van der Waals surface area contributed by atoms with Crippen LogP contribution >= 0.6 is 11.6 Å². The van der Waals surface area contributed by atoms with Crippen molar-refractivity contribution in [1.82, 2.24) is 9.78 Å². The fraction of sp³-hybridized carbons (Fsp3) is 0.250. The second-order valence-corrected chi connectivity index (χ2v) is 6.73. The maximum Gasteiger partial charge on any atom is 0.144 e. The normalized spacial score (nSPS) is 13.7. The molecule has 1 aliphatic heterocycles. The van der Waals surface area contributed by atoms with Crippen molar-refractivity contribution in [1.29, 1.82) is 0 Å². The van der Waals surface area contributed by atoms with Gasteiger partial charge in [0.15, 0.2) is 0 Å². The van der Waals surface area contributed by atoms with Crippen LogP contribution in [0.4, 0.5) is 10.2 Å². The fourth-order valence-corrected chi connectivity index (χ4v) is 3.51. The third-order valence-electron chi connectivity index (χ3n) is 4.62. The predicted molar refractivity (Wildman–Crippen MR) is 102 cm³/mol. The van der Waals surface area contributed by atoms with Gasteiger partial charge in [0.1, 0.15) is 23.1 Å². The minimum absolute atomic E-state index is 0.256. The van der Waals surface area contributed by atoms with Crippen molar-refractivity contribution in [2.45, 2.75) is 19.3 Å². The molecular formula is C20H19ClFN3O. The van der Waals surface area contributed by atoms with Crippen molar-refractivity contribution in [3.05, 3.63) is 58.9 Å². The van der Waals surface area contributed by atoms with Gasteiger partial charge in [0.05, 0.1) is 12.8 Å². The number of benzene rings is 2. The summed E-state index contributed by atoms with van der Waals surface area (Å²) >= 11 is 6.22. The first-order valence-corrected chi connectivity index (χ1v) is 9.01. The van der Waals surface area contributed by atoms with Gasteiger partial charge in [0.2, 0.25) is 0 Å². The molecule has 0 aliphatic carbocycles. The van der Waals surface area contributed by atoms with Gasteiger partial charge in [-0.1, -0.05) is 11.6 Å². The molecule has 0 unspecified atom stereocenters. The van der Waals surface area contributed by atoms with Crippen LogP contribution in [0.15, 0.2) is 42.5 Å². The van der Waals surface area contributed by atoms with Crippen molar-refractivity contribution < 1.29 is 9.13 Å². The number of aromatic nitrogens is 2. The van der Waals surface area contributed by atoms with Gasteiger partial charge in [-0.2, -0.15) is 5.10 Å². The molecule has 3 aromatic rings. The number of nitrogens with one attached hydrogen (secondary N) is 1. The third kappa shape index (κ3) is 3.03. The third-order valence-corrected chi connectivity index (χ3v) is 4.85. The Hall–Kier alpha value is -2.53. The van der Waals surface area contributed by atoms with Crippen molar-refractivity contribution in [2.24, 2.45) is 0 Å². The van der Waals surface area contributed by atoms with Gasteiger partial charge >= 0.3 is 0 Å². The number of hydrogen-bond acceptors (Lipinski definition) is 3. The van der Waals surface area contributed by atoms with E-state index in [0.29, 0.717) is 10.8 Å². The molecule has 26 heavy (non-hydrogen) atoms. The van der Waals surface area contributed by atoms with E-state index < -0.39 is 0 Å². The molecule has 2 aromatic carbocycles. The largest absolute Gasteiger partial charge is 0.494 e. The summed E-state index contributed by atoms with van der Waals surface area (Å²) in [6.45, 7) is 0.879. The van der Waals surface area contributed by atoms with Crippen LogP contribution in [0.3, 0.4) is 0 Å². The molecule has 0 fully saturated rings. The quantitative estimate of drug-likeness (QED) is 0.697.